The molecule has 6 nitrogen and oxygen atoms in total. The molecular weight excluding hydrogens is 344 g/mol. The summed E-state index contributed by atoms with van der Waals surface area (Å²) in [6, 6.07) is 14.9. The first-order valence-corrected chi connectivity index (χ1v) is 8.82. The van der Waals surface area contributed by atoms with Gasteiger partial charge in [0.2, 0.25) is 5.91 Å². The van der Waals surface area contributed by atoms with Crippen LogP contribution in [0, 0.1) is 19.8 Å². The molecule has 1 aliphatic heterocycles. The van der Waals surface area contributed by atoms with Gasteiger partial charge in [0.25, 0.3) is 5.91 Å². The molecule has 2 aromatic carbocycles. The van der Waals surface area contributed by atoms with Crippen LogP contribution in [0.1, 0.15) is 17.5 Å². The van der Waals surface area contributed by atoms with Crippen LogP contribution >= 0.6 is 0 Å². The van der Waals surface area contributed by atoms with Crippen LogP contribution in [0.2, 0.25) is 0 Å². The molecule has 1 heterocycles. The average Bonchev–Trinajstić information content (AvgIpc) is 3.01. The van der Waals surface area contributed by atoms with Gasteiger partial charge in [-0.05, 0) is 49.2 Å². The number of hydrogen-bond donors (Lipinski definition) is 1. The molecule has 3 rings (SSSR count). The first-order valence-electron chi connectivity index (χ1n) is 8.82. The zero-order valence-corrected chi connectivity index (χ0v) is 15.4. The second-order valence-corrected chi connectivity index (χ2v) is 6.77. The van der Waals surface area contributed by atoms with Gasteiger partial charge in [0.1, 0.15) is 0 Å². The summed E-state index contributed by atoms with van der Waals surface area (Å²) < 4.78 is 5.12. The van der Waals surface area contributed by atoms with Crippen LogP contribution in [0.15, 0.2) is 48.5 Å². The van der Waals surface area contributed by atoms with Gasteiger partial charge in [-0.1, -0.05) is 24.3 Å². The largest absolute Gasteiger partial charge is 0.455 e. The Balaban J connectivity index is 1.52. The number of ether oxygens (including phenoxy) is 1. The van der Waals surface area contributed by atoms with Gasteiger partial charge in [0, 0.05) is 24.3 Å². The monoisotopic (exact) mass is 366 g/mol. The minimum absolute atomic E-state index is 0.0896. The molecule has 1 aliphatic rings. The molecule has 1 N–H and O–H groups in total. The van der Waals surface area contributed by atoms with Crippen molar-refractivity contribution in [3.05, 3.63) is 59.7 Å². The maximum atomic E-state index is 12.3. The summed E-state index contributed by atoms with van der Waals surface area (Å²) in [5, 5.41) is 2.68. The topological polar surface area (TPSA) is 75.7 Å². The number of benzene rings is 2. The predicted molar refractivity (Wildman–Crippen MR) is 102 cm³/mol. The number of carbonyl (C=O) groups excluding carboxylic acids is 3. The van der Waals surface area contributed by atoms with Crippen molar-refractivity contribution in [3.63, 3.8) is 0 Å². The molecule has 0 unspecified atom stereocenters. The van der Waals surface area contributed by atoms with Crippen molar-refractivity contribution in [2.45, 2.75) is 20.3 Å². The van der Waals surface area contributed by atoms with Gasteiger partial charge in [-0.2, -0.15) is 0 Å². The smallest absolute Gasteiger partial charge is 0.311 e. The fourth-order valence-corrected chi connectivity index (χ4v) is 3.09. The Kier molecular flexibility index (Phi) is 5.54. The number of amides is 2. The van der Waals surface area contributed by atoms with Gasteiger partial charge < -0.3 is 15.0 Å². The minimum Gasteiger partial charge on any atom is -0.455 e. The van der Waals surface area contributed by atoms with E-state index in [4.69, 9.17) is 4.74 Å². The summed E-state index contributed by atoms with van der Waals surface area (Å²) in [6.07, 6.45) is 0.0896. The number of hydrogen-bond acceptors (Lipinski definition) is 4. The number of carbonyl (C=O) groups is 3. The number of aryl methyl sites for hydroxylation is 2. The molecule has 1 atom stereocenters. The number of esters is 1. The van der Waals surface area contributed by atoms with Crippen LogP contribution in [0.4, 0.5) is 11.4 Å². The lowest BCUT2D eigenvalue weighted by Crippen LogP contribution is -2.28. The molecule has 0 saturated carbocycles. The maximum absolute atomic E-state index is 12.3. The van der Waals surface area contributed by atoms with E-state index in [1.807, 2.05) is 56.3 Å². The lowest BCUT2D eigenvalue weighted by atomic mass is 10.1. The molecule has 0 spiro atoms. The van der Waals surface area contributed by atoms with Crippen LogP contribution < -0.4 is 10.2 Å². The van der Waals surface area contributed by atoms with Crippen molar-refractivity contribution in [3.8, 4) is 0 Å². The molecular formula is C21H22N2O4. The molecule has 1 fully saturated rings. The third-order valence-electron chi connectivity index (χ3n) is 4.42. The molecule has 2 aromatic rings. The standard InChI is InChI=1S/C21H22N2O4/c1-14-5-3-7-17(9-14)22-19(24)13-27-21(26)16-11-20(25)23(12-16)18-8-4-6-15(2)10-18/h3-10,16H,11-13H2,1-2H3,(H,22,24)/t16-/m0/s1. The molecule has 140 valence electrons. The second-order valence-electron chi connectivity index (χ2n) is 6.77. The summed E-state index contributed by atoms with van der Waals surface area (Å²) in [7, 11) is 0. The minimum atomic E-state index is -0.565. The van der Waals surface area contributed by atoms with E-state index < -0.39 is 17.8 Å². The summed E-state index contributed by atoms with van der Waals surface area (Å²) in [5.41, 5.74) is 3.48. The highest BCUT2D eigenvalue weighted by molar-refractivity contribution is 6.00. The Labute approximate surface area is 158 Å². The Morgan fingerprint density at radius 3 is 2.52 bits per heavy atom. The first kappa shape index (κ1) is 18.6. The van der Waals surface area contributed by atoms with Crippen molar-refractivity contribution in [2.75, 3.05) is 23.4 Å². The van der Waals surface area contributed by atoms with E-state index in [1.165, 1.54) is 0 Å². The number of nitrogens with one attached hydrogen (secondary N) is 1. The van der Waals surface area contributed by atoms with E-state index in [2.05, 4.69) is 5.32 Å². The van der Waals surface area contributed by atoms with Crippen molar-refractivity contribution in [2.24, 2.45) is 5.92 Å². The number of rotatable bonds is 5. The van der Waals surface area contributed by atoms with Gasteiger partial charge in [-0.25, -0.2) is 0 Å². The average molecular weight is 366 g/mol. The molecule has 2 amide bonds. The zero-order valence-electron chi connectivity index (χ0n) is 15.4. The summed E-state index contributed by atoms with van der Waals surface area (Å²) >= 11 is 0. The third kappa shape index (κ3) is 4.73. The molecule has 27 heavy (non-hydrogen) atoms. The van der Waals surface area contributed by atoms with Crippen LogP contribution in [0.3, 0.4) is 0 Å². The van der Waals surface area contributed by atoms with E-state index in [9.17, 15) is 14.4 Å². The Bertz CT molecular complexity index is 878. The highest BCUT2D eigenvalue weighted by Crippen LogP contribution is 2.26. The first-order chi connectivity index (χ1) is 12.9. The molecule has 0 bridgehead atoms. The lowest BCUT2D eigenvalue weighted by Gasteiger charge is -2.17. The van der Waals surface area contributed by atoms with Gasteiger partial charge in [0.15, 0.2) is 6.61 Å². The van der Waals surface area contributed by atoms with E-state index in [0.29, 0.717) is 5.69 Å². The molecule has 0 aromatic heterocycles. The normalized spacial score (nSPS) is 16.3. The quantitative estimate of drug-likeness (QED) is 0.826. The summed E-state index contributed by atoms with van der Waals surface area (Å²) in [4.78, 5) is 38.1. The van der Waals surface area contributed by atoms with Crippen molar-refractivity contribution in [1.29, 1.82) is 0 Å². The Hall–Kier alpha value is -3.15. The lowest BCUT2D eigenvalue weighted by molar-refractivity contribution is -0.151. The molecule has 6 heteroatoms. The van der Waals surface area contributed by atoms with E-state index in [0.717, 1.165) is 16.8 Å². The molecule has 0 radical (unpaired) electrons. The molecule has 0 aliphatic carbocycles. The van der Waals surface area contributed by atoms with Crippen molar-refractivity contribution in [1.82, 2.24) is 0 Å². The Morgan fingerprint density at radius 2 is 1.81 bits per heavy atom. The van der Waals surface area contributed by atoms with Gasteiger partial charge >= 0.3 is 5.97 Å². The second kappa shape index (κ2) is 8.03. The fourth-order valence-electron chi connectivity index (χ4n) is 3.09. The highest BCUT2D eigenvalue weighted by atomic mass is 16.5. The maximum Gasteiger partial charge on any atom is 0.311 e. The van der Waals surface area contributed by atoms with Gasteiger partial charge in [0.05, 0.1) is 5.92 Å². The number of nitrogens with zero attached hydrogens (tertiary/aromatic N) is 1. The van der Waals surface area contributed by atoms with Crippen LogP contribution in [-0.4, -0.2) is 30.9 Å². The summed E-state index contributed by atoms with van der Waals surface area (Å²) in [6.45, 7) is 3.76. The van der Waals surface area contributed by atoms with Crippen LogP contribution in [-0.2, 0) is 19.1 Å². The highest BCUT2D eigenvalue weighted by Gasteiger charge is 2.36. The van der Waals surface area contributed by atoms with E-state index in [1.54, 1.807) is 11.0 Å². The number of anilines is 2. The van der Waals surface area contributed by atoms with Gasteiger partial charge in [-0.15, -0.1) is 0 Å². The van der Waals surface area contributed by atoms with Gasteiger partial charge in [-0.3, -0.25) is 14.4 Å². The Morgan fingerprint density at radius 1 is 1.11 bits per heavy atom. The van der Waals surface area contributed by atoms with Crippen molar-refractivity contribution >= 4 is 29.2 Å². The summed E-state index contributed by atoms with van der Waals surface area (Å²) in [5.74, 6) is -1.62. The predicted octanol–water partition coefficient (Wildman–Crippen LogP) is 2.84. The van der Waals surface area contributed by atoms with Crippen LogP contribution in [0.25, 0.3) is 0 Å². The molecule has 1 saturated heterocycles. The van der Waals surface area contributed by atoms with E-state index >= 15 is 0 Å². The van der Waals surface area contributed by atoms with Crippen molar-refractivity contribution < 1.29 is 19.1 Å². The van der Waals surface area contributed by atoms with E-state index in [-0.39, 0.29) is 25.5 Å². The fraction of sp³-hybridized carbons (Fsp3) is 0.286. The van der Waals surface area contributed by atoms with Crippen LogP contribution in [0.5, 0.6) is 0 Å². The SMILES string of the molecule is Cc1cccc(NC(=O)COC(=O)[C@H]2CC(=O)N(c3cccc(C)c3)C2)c1. The third-order valence-corrected chi connectivity index (χ3v) is 4.42. The zero-order chi connectivity index (χ0) is 19.4.